The number of nitrogens with zero attached hydrogens (tertiary/aromatic N) is 4. The van der Waals surface area contributed by atoms with Gasteiger partial charge in [-0.05, 0) is 30.6 Å². The Kier molecular flexibility index (Phi) is 5.57. The van der Waals surface area contributed by atoms with Gasteiger partial charge in [-0.3, -0.25) is 4.79 Å². The minimum absolute atomic E-state index is 0.0179. The molecule has 1 fully saturated rings. The topological polar surface area (TPSA) is 96.0 Å². The summed E-state index contributed by atoms with van der Waals surface area (Å²) in [4.78, 5) is 29.4. The first-order valence-corrected chi connectivity index (χ1v) is 9.39. The molecular weight excluding hydrogens is 387 g/mol. The monoisotopic (exact) mass is 406 g/mol. The van der Waals surface area contributed by atoms with Crippen LogP contribution in [0.2, 0.25) is 0 Å². The Balaban J connectivity index is 1.43. The molecule has 3 aromatic rings. The van der Waals surface area contributed by atoms with Crippen LogP contribution in [0.4, 0.5) is 10.2 Å². The fraction of sp³-hybridized carbons (Fsp3) is 0.238. The number of ether oxygens (including phenoxy) is 1. The number of benzene rings is 1. The first-order chi connectivity index (χ1) is 14.6. The van der Waals surface area contributed by atoms with Crippen molar-refractivity contribution in [2.75, 3.05) is 25.0 Å². The van der Waals surface area contributed by atoms with E-state index in [2.05, 4.69) is 43.7 Å². The van der Waals surface area contributed by atoms with Crippen LogP contribution in [0.25, 0.3) is 11.2 Å². The van der Waals surface area contributed by atoms with E-state index in [0.717, 1.165) is 6.42 Å². The Morgan fingerprint density at radius 3 is 3.13 bits per heavy atom. The highest BCUT2D eigenvalue weighted by molar-refractivity contribution is 5.87. The Morgan fingerprint density at radius 1 is 1.43 bits per heavy atom. The second-order valence-electron chi connectivity index (χ2n) is 6.64. The largest absolute Gasteiger partial charge is 0.478 e. The summed E-state index contributed by atoms with van der Waals surface area (Å²) < 4.78 is 18.9. The van der Waals surface area contributed by atoms with Crippen LogP contribution in [0.3, 0.4) is 0 Å². The lowest BCUT2D eigenvalue weighted by molar-refractivity contribution is -0.125. The maximum absolute atomic E-state index is 13.5. The fourth-order valence-electron chi connectivity index (χ4n) is 3.19. The van der Waals surface area contributed by atoms with E-state index >= 15 is 0 Å². The number of amides is 1. The molecule has 2 aromatic heterocycles. The van der Waals surface area contributed by atoms with Gasteiger partial charge in [-0.15, -0.1) is 0 Å². The zero-order valence-electron chi connectivity index (χ0n) is 16.1. The third-order valence-corrected chi connectivity index (χ3v) is 4.64. The van der Waals surface area contributed by atoms with Gasteiger partial charge in [-0.25, -0.2) is 19.3 Å². The number of hydrogen-bond donors (Lipinski definition) is 2. The number of aromatic amines is 1. The van der Waals surface area contributed by atoms with Crippen LogP contribution < -0.4 is 10.1 Å². The quantitative estimate of drug-likeness (QED) is 0.498. The standard InChI is InChI=1S/C21H19FN6O2/c1-2-18(29)28-10-9-14(12-28)25-20-19-21(24-13-23-20)27-17(26-19)8-5-11-30-16-7-4-3-6-15(16)22/h2-4,6-7,13-14H,1,9-12H2,(H2,23,24,25,26,27)/t14-/m1/s1. The van der Waals surface area contributed by atoms with Crippen molar-refractivity contribution in [2.45, 2.75) is 12.5 Å². The molecule has 0 aliphatic carbocycles. The molecule has 1 aliphatic heterocycles. The van der Waals surface area contributed by atoms with Crippen LogP contribution in [-0.4, -0.2) is 56.5 Å². The van der Waals surface area contributed by atoms with Crippen molar-refractivity contribution in [1.29, 1.82) is 0 Å². The van der Waals surface area contributed by atoms with Crippen LogP contribution in [0, 0.1) is 17.7 Å². The number of hydrogen-bond acceptors (Lipinski definition) is 6. The van der Waals surface area contributed by atoms with Crippen LogP contribution in [-0.2, 0) is 4.79 Å². The lowest BCUT2D eigenvalue weighted by atomic mass is 10.2. The molecule has 0 spiro atoms. The number of nitrogens with one attached hydrogen (secondary N) is 2. The van der Waals surface area contributed by atoms with Crippen LogP contribution in [0.15, 0.2) is 43.2 Å². The Morgan fingerprint density at radius 2 is 2.30 bits per heavy atom. The molecule has 0 saturated carbocycles. The highest BCUT2D eigenvalue weighted by Crippen LogP contribution is 2.20. The molecule has 1 atom stereocenters. The number of imidazole rings is 1. The van der Waals surface area contributed by atoms with Gasteiger partial charge in [0.1, 0.15) is 12.9 Å². The number of anilines is 1. The van der Waals surface area contributed by atoms with Gasteiger partial charge < -0.3 is 19.9 Å². The third kappa shape index (κ3) is 4.22. The molecule has 8 nitrogen and oxygen atoms in total. The highest BCUT2D eigenvalue weighted by Gasteiger charge is 2.25. The Labute approximate surface area is 172 Å². The van der Waals surface area contributed by atoms with Gasteiger partial charge in [-0.1, -0.05) is 24.6 Å². The molecule has 0 bridgehead atoms. The Bertz CT molecular complexity index is 1150. The molecule has 30 heavy (non-hydrogen) atoms. The molecule has 1 aliphatic rings. The van der Waals surface area contributed by atoms with Crippen molar-refractivity contribution in [3.05, 3.63) is 54.9 Å². The highest BCUT2D eigenvalue weighted by atomic mass is 19.1. The molecule has 0 unspecified atom stereocenters. The van der Waals surface area contributed by atoms with Crippen molar-refractivity contribution >= 4 is 22.9 Å². The van der Waals surface area contributed by atoms with Gasteiger partial charge in [0.2, 0.25) is 5.91 Å². The maximum atomic E-state index is 13.5. The maximum Gasteiger partial charge on any atom is 0.246 e. The van der Waals surface area contributed by atoms with Gasteiger partial charge in [0.15, 0.2) is 34.4 Å². The minimum atomic E-state index is -0.436. The zero-order chi connectivity index (χ0) is 20.9. The lowest BCUT2D eigenvalue weighted by Crippen LogP contribution is -2.30. The predicted octanol–water partition coefficient (Wildman–Crippen LogP) is 2.12. The smallest absolute Gasteiger partial charge is 0.246 e. The summed E-state index contributed by atoms with van der Waals surface area (Å²) in [6.07, 6.45) is 3.55. The van der Waals surface area contributed by atoms with Crippen LogP contribution in [0.5, 0.6) is 5.75 Å². The summed E-state index contributed by atoms with van der Waals surface area (Å²) in [5, 5.41) is 3.32. The number of H-pyrrole nitrogens is 1. The molecule has 9 heteroatoms. The average Bonchev–Trinajstić information content (AvgIpc) is 3.39. The second-order valence-corrected chi connectivity index (χ2v) is 6.64. The van der Waals surface area contributed by atoms with Crippen LogP contribution >= 0.6 is 0 Å². The van der Waals surface area contributed by atoms with E-state index in [4.69, 9.17) is 4.74 Å². The van der Waals surface area contributed by atoms with E-state index in [1.807, 2.05) is 0 Å². The summed E-state index contributed by atoms with van der Waals surface area (Å²) in [7, 11) is 0. The van der Waals surface area contributed by atoms with Gasteiger partial charge in [0.25, 0.3) is 0 Å². The van der Waals surface area contributed by atoms with E-state index < -0.39 is 5.82 Å². The molecule has 2 N–H and O–H groups in total. The van der Waals surface area contributed by atoms with E-state index in [1.54, 1.807) is 23.1 Å². The Hall–Kier alpha value is -3.93. The minimum Gasteiger partial charge on any atom is -0.478 e. The molecule has 152 valence electrons. The second kappa shape index (κ2) is 8.61. The normalized spacial score (nSPS) is 15.5. The summed E-state index contributed by atoms with van der Waals surface area (Å²) in [5.74, 6) is 6.26. The SMILES string of the molecule is C=CC(=O)N1CC[C@@H](Nc2ncnc3[nH]c(C#CCOc4ccccc4F)nc23)C1. The summed E-state index contributed by atoms with van der Waals surface area (Å²) in [5.41, 5.74) is 1.11. The number of carbonyl (C=O) groups is 1. The zero-order valence-corrected chi connectivity index (χ0v) is 16.1. The predicted molar refractivity (Wildman–Crippen MR) is 109 cm³/mol. The molecule has 0 radical (unpaired) electrons. The van der Waals surface area contributed by atoms with Crippen molar-refractivity contribution < 1.29 is 13.9 Å². The molecule has 1 saturated heterocycles. The number of carbonyl (C=O) groups excluding carboxylic acids is 1. The van der Waals surface area contributed by atoms with Crippen molar-refractivity contribution in [2.24, 2.45) is 0 Å². The van der Waals surface area contributed by atoms with Gasteiger partial charge in [0, 0.05) is 19.1 Å². The lowest BCUT2D eigenvalue weighted by Gasteiger charge is -2.15. The van der Waals surface area contributed by atoms with Gasteiger partial charge in [-0.2, -0.15) is 0 Å². The molecule has 1 aromatic carbocycles. The number of para-hydroxylation sites is 1. The van der Waals surface area contributed by atoms with E-state index in [-0.39, 0.29) is 24.3 Å². The first-order valence-electron chi connectivity index (χ1n) is 9.39. The van der Waals surface area contributed by atoms with Gasteiger partial charge in [0.05, 0.1) is 0 Å². The molecule has 4 rings (SSSR count). The van der Waals surface area contributed by atoms with Crippen LogP contribution in [0.1, 0.15) is 12.2 Å². The number of fused-ring (bicyclic) bond motifs is 1. The molecular formula is C21H19FN6O2. The summed E-state index contributed by atoms with van der Waals surface area (Å²) in [6, 6.07) is 6.21. The van der Waals surface area contributed by atoms with E-state index in [1.165, 1.54) is 18.5 Å². The third-order valence-electron chi connectivity index (χ3n) is 4.64. The molecule has 3 heterocycles. The molecule has 1 amide bonds. The van der Waals surface area contributed by atoms with Crippen molar-refractivity contribution in [3.8, 4) is 17.6 Å². The fourth-order valence-corrected chi connectivity index (χ4v) is 3.19. The average molecular weight is 406 g/mol. The number of rotatable bonds is 5. The first kappa shape index (κ1) is 19.4. The van der Waals surface area contributed by atoms with Crippen molar-refractivity contribution in [1.82, 2.24) is 24.8 Å². The summed E-state index contributed by atoms with van der Waals surface area (Å²) in [6.45, 7) is 4.77. The summed E-state index contributed by atoms with van der Waals surface area (Å²) >= 11 is 0. The van der Waals surface area contributed by atoms with E-state index in [9.17, 15) is 9.18 Å². The van der Waals surface area contributed by atoms with Crippen molar-refractivity contribution in [3.63, 3.8) is 0 Å². The number of halogens is 1. The van der Waals surface area contributed by atoms with Gasteiger partial charge >= 0.3 is 0 Å². The van der Waals surface area contributed by atoms with E-state index in [0.29, 0.717) is 35.9 Å². The number of aromatic nitrogens is 4. The number of likely N-dealkylation sites (tertiary alicyclic amines) is 1.